The summed E-state index contributed by atoms with van der Waals surface area (Å²) in [6.07, 6.45) is 1.02. The van der Waals surface area contributed by atoms with Gasteiger partial charge in [0.2, 0.25) is 0 Å². The van der Waals surface area contributed by atoms with Crippen LogP contribution in [0.4, 0.5) is 0 Å². The molecule has 0 aromatic heterocycles. The summed E-state index contributed by atoms with van der Waals surface area (Å²) in [5.41, 5.74) is 6.69. The first-order valence-corrected chi connectivity index (χ1v) is 7.17. The Labute approximate surface area is 108 Å². The molecule has 2 heteroatoms. The van der Waals surface area contributed by atoms with Crippen LogP contribution >= 0.6 is 18.5 Å². The zero-order valence-electron chi connectivity index (χ0n) is 10.3. The molecule has 0 nitrogen and oxygen atoms in total. The summed E-state index contributed by atoms with van der Waals surface area (Å²) in [4.78, 5) is 0. The molecule has 17 heavy (non-hydrogen) atoms. The Morgan fingerprint density at radius 2 is 1.47 bits per heavy atom. The molecule has 0 saturated heterocycles. The van der Waals surface area contributed by atoms with Gasteiger partial charge in [-0.2, -0.15) is 0 Å². The van der Waals surface area contributed by atoms with E-state index in [0.717, 1.165) is 6.16 Å². The van der Waals surface area contributed by atoms with Gasteiger partial charge in [0, 0.05) is 0 Å². The predicted octanol–water partition coefficient (Wildman–Crippen LogP) is 3.85. The van der Waals surface area contributed by atoms with Crippen LogP contribution in [0.1, 0.15) is 16.7 Å². The van der Waals surface area contributed by atoms with E-state index in [9.17, 15) is 0 Å². The van der Waals surface area contributed by atoms with Crippen molar-refractivity contribution < 1.29 is 0 Å². The maximum Gasteiger partial charge on any atom is -0.0126 e. The molecule has 0 radical (unpaired) electrons. The first kappa shape index (κ1) is 12.7. The fourth-order valence-corrected chi connectivity index (χ4v) is 2.60. The molecule has 2 aromatic carbocycles. The van der Waals surface area contributed by atoms with E-state index in [0.29, 0.717) is 0 Å². The molecule has 0 aliphatic heterocycles. The molecule has 2 rings (SSSR count). The first-order valence-electron chi connectivity index (χ1n) is 5.78. The molecule has 2 unspecified atom stereocenters. The topological polar surface area (TPSA) is 0 Å². The summed E-state index contributed by atoms with van der Waals surface area (Å²) < 4.78 is 0. The van der Waals surface area contributed by atoms with Crippen molar-refractivity contribution >= 4 is 23.8 Å². The second kappa shape index (κ2) is 5.30. The van der Waals surface area contributed by atoms with Crippen molar-refractivity contribution in [2.75, 3.05) is 0 Å². The molecular formula is C15H18P2. The van der Waals surface area contributed by atoms with Gasteiger partial charge in [-0.3, -0.25) is 0 Å². The summed E-state index contributed by atoms with van der Waals surface area (Å²) >= 11 is 0. The van der Waals surface area contributed by atoms with E-state index in [1.165, 1.54) is 33.1 Å². The SMILES string of the molecule is Cc1cc(-c2ccc(CP)c(C)c2)ccc1P. The van der Waals surface area contributed by atoms with E-state index in [4.69, 9.17) is 0 Å². The van der Waals surface area contributed by atoms with Crippen molar-refractivity contribution in [3.8, 4) is 11.1 Å². The van der Waals surface area contributed by atoms with Gasteiger partial charge in [0.05, 0.1) is 0 Å². The van der Waals surface area contributed by atoms with Gasteiger partial charge in [0.1, 0.15) is 0 Å². The summed E-state index contributed by atoms with van der Waals surface area (Å²) in [5.74, 6) is 0. The summed E-state index contributed by atoms with van der Waals surface area (Å²) in [5, 5.41) is 1.27. The normalized spacial score (nSPS) is 10.6. The highest BCUT2D eigenvalue weighted by molar-refractivity contribution is 7.27. The van der Waals surface area contributed by atoms with Crippen LogP contribution in [0.2, 0.25) is 0 Å². The molecule has 88 valence electrons. The third-order valence-electron chi connectivity index (χ3n) is 3.17. The lowest BCUT2D eigenvalue weighted by atomic mass is 9.99. The molecule has 0 aliphatic rings. The van der Waals surface area contributed by atoms with Gasteiger partial charge < -0.3 is 0 Å². The summed E-state index contributed by atoms with van der Waals surface area (Å²) in [6.45, 7) is 4.33. The first-order chi connectivity index (χ1) is 8.11. The maximum absolute atomic E-state index is 2.78. The van der Waals surface area contributed by atoms with Gasteiger partial charge in [-0.05, 0) is 53.1 Å². The molecule has 0 N–H and O–H groups in total. The Morgan fingerprint density at radius 1 is 0.882 bits per heavy atom. The average Bonchev–Trinajstić information content (AvgIpc) is 2.32. The highest BCUT2D eigenvalue weighted by atomic mass is 31.0. The van der Waals surface area contributed by atoms with Crippen LogP contribution in [-0.4, -0.2) is 0 Å². The molecular weight excluding hydrogens is 242 g/mol. The van der Waals surface area contributed by atoms with Gasteiger partial charge in [-0.1, -0.05) is 36.4 Å². The Balaban J connectivity index is 2.46. The molecule has 0 spiro atoms. The van der Waals surface area contributed by atoms with Gasteiger partial charge >= 0.3 is 0 Å². The lowest BCUT2D eigenvalue weighted by Gasteiger charge is -2.09. The van der Waals surface area contributed by atoms with E-state index in [-0.39, 0.29) is 0 Å². The minimum Gasteiger partial charge on any atom is -0.133 e. The number of rotatable bonds is 2. The van der Waals surface area contributed by atoms with Crippen LogP contribution < -0.4 is 5.30 Å². The highest BCUT2D eigenvalue weighted by Crippen LogP contribution is 2.24. The van der Waals surface area contributed by atoms with Gasteiger partial charge in [-0.15, -0.1) is 18.5 Å². The largest absolute Gasteiger partial charge is 0.133 e. The molecule has 2 atom stereocenters. The number of benzene rings is 2. The zero-order chi connectivity index (χ0) is 12.4. The Hall–Kier alpha value is -0.700. The van der Waals surface area contributed by atoms with Crippen molar-refractivity contribution in [3.63, 3.8) is 0 Å². The molecule has 0 amide bonds. The van der Waals surface area contributed by atoms with E-state index < -0.39 is 0 Å². The Kier molecular flexibility index (Phi) is 3.97. The summed E-state index contributed by atoms with van der Waals surface area (Å²) in [7, 11) is 5.55. The van der Waals surface area contributed by atoms with Crippen molar-refractivity contribution in [2.45, 2.75) is 20.0 Å². The fourth-order valence-electron chi connectivity index (χ4n) is 1.96. The predicted molar refractivity (Wildman–Crippen MR) is 84.1 cm³/mol. The second-order valence-corrected chi connectivity index (χ2v) is 5.45. The maximum atomic E-state index is 2.78. The Morgan fingerprint density at radius 3 is 2.00 bits per heavy atom. The number of hydrogen-bond acceptors (Lipinski definition) is 0. The van der Waals surface area contributed by atoms with Crippen LogP contribution in [0.15, 0.2) is 36.4 Å². The minimum atomic E-state index is 1.02. The molecule has 0 bridgehead atoms. The second-order valence-electron chi connectivity index (χ2n) is 4.42. The fraction of sp³-hybridized carbons (Fsp3) is 0.200. The molecule has 2 aromatic rings. The molecule has 0 heterocycles. The average molecular weight is 260 g/mol. The van der Waals surface area contributed by atoms with E-state index in [2.05, 4.69) is 68.7 Å². The van der Waals surface area contributed by atoms with Crippen LogP contribution in [0.5, 0.6) is 0 Å². The minimum absolute atomic E-state index is 1.02. The van der Waals surface area contributed by atoms with Crippen LogP contribution in [-0.2, 0) is 6.16 Å². The molecule has 0 fully saturated rings. The van der Waals surface area contributed by atoms with E-state index >= 15 is 0 Å². The van der Waals surface area contributed by atoms with Crippen molar-refractivity contribution in [1.29, 1.82) is 0 Å². The van der Waals surface area contributed by atoms with Crippen LogP contribution in [0, 0.1) is 13.8 Å². The Bertz CT molecular complexity index is 545. The van der Waals surface area contributed by atoms with Gasteiger partial charge in [0.25, 0.3) is 0 Å². The third-order valence-corrected chi connectivity index (χ3v) is 4.25. The monoisotopic (exact) mass is 260 g/mol. The smallest absolute Gasteiger partial charge is 0.0126 e. The highest BCUT2D eigenvalue weighted by Gasteiger charge is 2.02. The zero-order valence-corrected chi connectivity index (χ0v) is 12.6. The van der Waals surface area contributed by atoms with Crippen LogP contribution in [0.3, 0.4) is 0 Å². The van der Waals surface area contributed by atoms with Gasteiger partial charge in [-0.25, -0.2) is 0 Å². The van der Waals surface area contributed by atoms with Crippen LogP contribution in [0.25, 0.3) is 11.1 Å². The number of hydrogen-bond donors (Lipinski definition) is 0. The lowest BCUT2D eigenvalue weighted by molar-refractivity contribution is 1.31. The van der Waals surface area contributed by atoms with E-state index in [1.807, 2.05) is 0 Å². The molecule has 0 aliphatic carbocycles. The van der Waals surface area contributed by atoms with E-state index in [1.54, 1.807) is 0 Å². The number of aryl methyl sites for hydroxylation is 2. The molecule has 0 saturated carbocycles. The summed E-state index contributed by atoms with van der Waals surface area (Å²) in [6, 6.07) is 13.3. The standard InChI is InChI=1S/C15H18P2/c1-10-7-12(3-4-14(10)9-16)13-5-6-15(17)11(2)8-13/h3-8H,9,16-17H2,1-2H3. The third kappa shape index (κ3) is 2.76. The lowest BCUT2D eigenvalue weighted by Crippen LogP contribution is -1.96. The van der Waals surface area contributed by atoms with Gasteiger partial charge in [0.15, 0.2) is 0 Å². The van der Waals surface area contributed by atoms with Crippen molar-refractivity contribution in [1.82, 2.24) is 0 Å². The van der Waals surface area contributed by atoms with Crippen molar-refractivity contribution in [2.24, 2.45) is 0 Å². The van der Waals surface area contributed by atoms with Crippen molar-refractivity contribution in [3.05, 3.63) is 53.1 Å². The quantitative estimate of drug-likeness (QED) is 0.719.